The van der Waals surface area contributed by atoms with Crippen LogP contribution < -0.4 is 15.4 Å². The molecule has 1 aliphatic rings. The summed E-state index contributed by atoms with van der Waals surface area (Å²) >= 11 is 0. The molecule has 6 heteroatoms. The van der Waals surface area contributed by atoms with E-state index in [2.05, 4.69) is 29.7 Å². The van der Waals surface area contributed by atoms with Crippen molar-refractivity contribution in [3.8, 4) is 11.5 Å². The van der Waals surface area contributed by atoms with Crippen LogP contribution >= 0.6 is 0 Å². The van der Waals surface area contributed by atoms with Crippen molar-refractivity contribution in [1.29, 1.82) is 0 Å². The van der Waals surface area contributed by atoms with E-state index in [0.717, 1.165) is 48.0 Å². The molecule has 3 rings (SSSR count). The van der Waals surface area contributed by atoms with E-state index in [4.69, 9.17) is 14.5 Å². The van der Waals surface area contributed by atoms with Crippen LogP contribution in [0.2, 0.25) is 0 Å². The van der Waals surface area contributed by atoms with Gasteiger partial charge < -0.3 is 25.2 Å². The monoisotopic (exact) mass is 411 g/mol. The van der Waals surface area contributed by atoms with Crippen molar-refractivity contribution in [2.75, 3.05) is 32.9 Å². The fourth-order valence-electron chi connectivity index (χ4n) is 3.48. The smallest absolute Gasteiger partial charge is 0.191 e. The summed E-state index contributed by atoms with van der Waals surface area (Å²) in [4.78, 5) is 4.77. The van der Waals surface area contributed by atoms with Gasteiger partial charge >= 0.3 is 0 Å². The van der Waals surface area contributed by atoms with Crippen LogP contribution in [0.1, 0.15) is 30.9 Å². The van der Waals surface area contributed by atoms with E-state index in [9.17, 15) is 5.11 Å². The van der Waals surface area contributed by atoms with Gasteiger partial charge in [-0.1, -0.05) is 30.3 Å². The van der Waals surface area contributed by atoms with Crippen LogP contribution in [0.3, 0.4) is 0 Å². The number of rotatable bonds is 8. The maximum absolute atomic E-state index is 9.92. The van der Waals surface area contributed by atoms with Crippen molar-refractivity contribution < 1.29 is 14.6 Å². The Morgan fingerprint density at radius 2 is 1.90 bits per heavy atom. The molecule has 30 heavy (non-hydrogen) atoms. The van der Waals surface area contributed by atoms with Gasteiger partial charge in [-0.05, 0) is 50.5 Å². The first-order chi connectivity index (χ1) is 14.6. The molecule has 2 aromatic rings. The number of hydrogen-bond donors (Lipinski definition) is 3. The molecule has 0 saturated carbocycles. The third-order valence-electron chi connectivity index (χ3n) is 5.47. The molecule has 0 unspecified atom stereocenters. The second kappa shape index (κ2) is 11.0. The molecule has 0 amide bonds. The Bertz CT molecular complexity index is 818. The first kappa shape index (κ1) is 22.1. The predicted molar refractivity (Wildman–Crippen MR) is 120 cm³/mol. The van der Waals surface area contributed by atoms with E-state index in [1.165, 1.54) is 0 Å². The summed E-state index contributed by atoms with van der Waals surface area (Å²) in [5.74, 6) is 2.36. The average molecular weight is 412 g/mol. The Kier molecular flexibility index (Phi) is 8.11. The number of aryl methyl sites for hydroxylation is 1. The van der Waals surface area contributed by atoms with Gasteiger partial charge in [-0.2, -0.15) is 0 Å². The second-order valence-corrected chi connectivity index (χ2v) is 7.85. The molecule has 6 nitrogen and oxygen atoms in total. The molecular weight excluding hydrogens is 378 g/mol. The fourth-order valence-corrected chi connectivity index (χ4v) is 3.48. The molecule has 2 aromatic carbocycles. The van der Waals surface area contributed by atoms with Gasteiger partial charge in [0.1, 0.15) is 11.5 Å². The zero-order valence-corrected chi connectivity index (χ0v) is 18.0. The molecular formula is C24H33N3O3. The Balaban J connectivity index is 1.71. The Labute approximate surface area is 179 Å². The number of hydrogen-bond acceptors (Lipinski definition) is 4. The lowest BCUT2D eigenvalue weighted by molar-refractivity contribution is -0.0131. The van der Waals surface area contributed by atoms with Crippen LogP contribution in [0.15, 0.2) is 53.5 Å². The van der Waals surface area contributed by atoms with Crippen LogP contribution in [0.4, 0.5) is 0 Å². The van der Waals surface area contributed by atoms with Crippen molar-refractivity contribution in [3.05, 3.63) is 59.7 Å². The summed E-state index contributed by atoms with van der Waals surface area (Å²) in [7, 11) is 0. The molecule has 1 heterocycles. The molecule has 0 aliphatic carbocycles. The minimum Gasteiger partial charge on any atom is -0.457 e. The summed E-state index contributed by atoms with van der Waals surface area (Å²) in [5.41, 5.74) is 2.01. The normalized spacial score (nSPS) is 16.2. The standard InChI is InChI=1S/C24H33N3O3/c1-3-25-23(27-17-24(18-28)11-13-29-14-12-24)26-16-20-10-9-19(2)15-22(20)30-21-7-5-4-6-8-21/h4-10,15,28H,3,11-14,16-18H2,1-2H3,(H2,25,26,27). The van der Waals surface area contributed by atoms with E-state index in [0.29, 0.717) is 26.3 Å². The maximum Gasteiger partial charge on any atom is 0.191 e. The molecule has 1 saturated heterocycles. The van der Waals surface area contributed by atoms with Crippen molar-refractivity contribution in [3.63, 3.8) is 0 Å². The molecule has 0 spiro atoms. The topological polar surface area (TPSA) is 75.1 Å². The van der Waals surface area contributed by atoms with Gasteiger partial charge in [0, 0.05) is 37.3 Å². The number of benzene rings is 2. The Morgan fingerprint density at radius 3 is 2.60 bits per heavy atom. The Morgan fingerprint density at radius 1 is 1.13 bits per heavy atom. The van der Waals surface area contributed by atoms with Crippen LogP contribution in [0.5, 0.6) is 11.5 Å². The summed E-state index contributed by atoms with van der Waals surface area (Å²) in [5, 5.41) is 16.6. The van der Waals surface area contributed by atoms with E-state index in [1.54, 1.807) is 0 Å². The first-order valence-electron chi connectivity index (χ1n) is 10.7. The molecule has 0 radical (unpaired) electrons. The molecule has 1 fully saturated rings. The fraction of sp³-hybridized carbons (Fsp3) is 0.458. The van der Waals surface area contributed by atoms with Gasteiger partial charge in [0.15, 0.2) is 5.96 Å². The van der Waals surface area contributed by atoms with Gasteiger partial charge in [-0.15, -0.1) is 0 Å². The highest BCUT2D eigenvalue weighted by Gasteiger charge is 2.32. The van der Waals surface area contributed by atoms with E-state index in [-0.39, 0.29) is 12.0 Å². The summed E-state index contributed by atoms with van der Waals surface area (Å²) in [6.07, 6.45) is 1.70. The minimum atomic E-state index is -0.153. The molecule has 162 valence electrons. The van der Waals surface area contributed by atoms with Crippen molar-refractivity contribution >= 4 is 5.96 Å². The van der Waals surface area contributed by atoms with Gasteiger partial charge in [0.25, 0.3) is 0 Å². The predicted octanol–water partition coefficient (Wildman–Crippen LogP) is 3.63. The van der Waals surface area contributed by atoms with E-state index in [1.807, 2.05) is 43.3 Å². The highest BCUT2D eigenvalue weighted by Crippen LogP contribution is 2.29. The second-order valence-electron chi connectivity index (χ2n) is 7.85. The lowest BCUT2D eigenvalue weighted by atomic mass is 9.81. The number of aliphatic hydroxyl groups is 1. The first-order valence-corrected chi connectivity index (χ1v) is 10.7. The third kappa shape index (κ3) is 6.21. The maximum atomic E-state index is 9.92. The van der Waals surface area contributed by atoms with Crippen LogP contribution in [0.25, 0.3) is 0 Å². The number of guanidine groups is 1. The minimum absolute atomic E-state index is 0.149. The van der Waals surface area contributed by atoms with Gasteiger partial charge in [-0.25, -0.2) is 4.99 Å². The molecule has 0 aromatic heterocycles. The Hall–Kier alpha value is -2.57. The number of aliphatic hydroxyl groups excluding tert-OH is 1. The zero-order chi connectivity index (χ0) is 21.2. The van der Waals surface area contributed by atoms with Gasteiger partial charge in [0.2, 0.25) is 0 Å². The van der Waals surface area contributed by atoms with Crippen LogP contribution in [-0.4, -0.2) is 44.0 Å². The number of ether oxygens (including phenoxy) is 2. The van der Waals surface area contributed by atoms with E-state index >= 15 is 0 Å². The third-order valence-corrected chi connectivity index (χ3v) is 5.47. The largest absolute Gasteiger partial charge is 0.457 e. The molecule has 0 bridgehead atoms. The van der Waals surface area contributed by atoms with Crippen LogP contribution in [-0.2, 0) is 11.3 Å². The molecule has 1 aliphatic heterocycles. The van der Waals surface area contributed by atoms with Crippen LogP contribution in [0, 0.1) is 12.3 Å². The SMILES string of the molecule is CCNC(=NCc1ccc(C)cc1Oc1ccccc1)NCC1(CO)CCOCC1. The summed E-state index contributed by atoms with van der Waals surface area (Å²) < 4.78 is 11.6. The van der Waals surface area contributed by atoms with E-state index < -0.39 is 0 Å². The number of aliphatic imine (C=N–C) groups is 1. The van der Waals surface area contributed by atoms with Crippen molar-refractivity contribution in [2.24, 2.45) is 10.4 Å². The van der Waals surface area contributed by atoms with Gasteiger partial charge in [0.05, 0.1) is 13.2 Å². The summed E-state index contributed by atoms with van der Waals surface area (Å²) in [6, 6.07) is 16.0. The highest BCUT2D eigenvalue weighted by atomic mass is 16.5. The molecule has 0 atom stereocenters. The van der Waals surface area contributed by atoms with Crippen molar-refractivity contribution in [1.82, 2.24) is 10.6 Å². The number of nitrogens with zero attached hydrogens (tertiary/aromatic N) is 1. The highest BCUT2D eigenvalue weighted by molar-refractivity contribution is 5.79. The lowest BCUT2D eigenvalue weighted by Crippen LogP contribution is -2.47. The number of para-hydroxylation sites is 1. The lowest BCUT2D eigenvalue weighted by Gasteiger charge is -2.36. The quantitative estimate of drug-likeness (QED) is 0.457. The van der Waals surface area contributed by atoms with Gasteiger partial charge in [-0.3, -0.25) is 0 Å². The number of nitrogens with one attached hydrogen (secondary N) is 2. The average Bonchev–Trinajstić information content (AvgIpc) is 2.78. The molecule has 3 N–H and O–H groups in total. The zero-order valence-electron chi connectivity index (χ0n) is 18.0. The van der Waals surface area contributed by atoms with Crippen molar-refractivity contribution in [2.45, 2.75) is 33.2 Å². The summed E-state index contributed by atoms with van der Waals surface area (Å²) in [6.45, 7) is 7.56.